The molecule has 1 fully saturated rings. The van der Waals surface area contributed by atoms with Crippen molar-refractivity contribution in [2.24, 2.45) is 0 Å². The highest BCUT2D eigenvalue weighted by atomic mass is 16.4. The molecule has 1 aliphatic rings. The van der Waals surface area contributed by atoms with Gasteiger partial charge in [0.15, 0.2) is 5.82 Å². The van der Waals surface area contributed by atoms with E-state index < -0.39 is 0 Å². The lowest BCUT2D eigenvalue weighted by Crippen LogP contribution is -2.58. The summed E-state index contributed by atoms with van der Waals surface area (Å²) in [7, 11) is 2.11. The lowest BCUT2D eigenvalue weighted by Gasteiger charge is -2.44. The van der Waals surface area contributed by atoms with Crippen molar-refractivity contribution in [1.29, 1.82) is 0 Å². The van der Waals surface area contributed by atoms with Gasteiger partial charge in [-0.25, -0.2) is 4.98 Å². The summed E-state index contributed by atoms with van der Waals surface area (Å²) in [6.07, 6.45) is 1.77. The molecular weight excluding hydrogens is 290 g/mol. The number of likely N-dealkylation sites (N-methyl/N-ethyl adjacent to an activating group) is 1. The number of nitrogens with zero attached hydrogens (tertiary/aromatic N) is 5. The Morgan fingerprint density at radius 1 is 1.26 bits per heavy atom. The predicted octanol–water partition coefficient (Wildman–Crippen LogP) is 2.39. The first-order chi connectivity index (χ1) is 10.8. The first-order valence-corrected chi connectivity index (χ1v) is 8.03. The normalized spacial score (nSPS) is 16.0. The summed E-state index contributed by atoms with van der Waals surface area (Å²) in [5.74, 6) is 2.59. The van der Waals surface area contributed by atoms with E-state index in [4.69, 9.17) is 4.42 Å². The third kappa shape index (κ3) is 3.52. The second kappa shape index (κ2) is 5.92. The fourth-order valence-corrected chi connectivity index (χ4v) is 2.63. The molecule has 6 heteroatoms. The van der Waals surface area contributed by atoms with E-state index in [1.165, 1.54) is 0 Å². The van der Waals surface area contributed by atoms with Gasteiger partial charge in [-0.15, -0.1) is 5.10 Å². The van der Waals surface area contributed by atoms with Gasteiger partial charge in [-0.05, 0) is 26.1 Å². The van der Waals surface area contributed by atoms with Gasteiger partial charge in [0.1, 0.15) is 5.76 Å². The summed E-state index contributed by atoms with van der Waals surface area (Å²) in [4.78, 5) is 8.79. The Morgan fingerprint density at radius 2 is 2.00 bits per heavy atom. The number of anilines is 1. The quantitative estimate of drug-likeness (QED) is 0.863. The van der Waals surface area contributed by atoms with Crippen molar-refractivity contribution < 1.29 is 4.42 Å². The van der Waals surface area contributed by atoms with Crippen LogP contribution in [-0.4, -0.2) is 46.3 Å². The number of oxazole rings is 1. The Labute approximate surface area is 137 Å². The van der Waals surface area contributed by atoms with Crippen LogP contribution in [0.2, 0.25) is 0 Å². The second-order valence-corrected chi connectivity index (χ2v) is 7.37. The molecule has 0 saturated carbocycles. The minimum Gasteiger partial charge on any atom is -0.445 e. The molecule has 0 amide bonds. The van der Waals surface area contributed by atoms with Gasteiger partial charge in [0.2, 0.25) is 5.89 Å². The summed E-state index contributed by atoms with van der Waals surface area (Å²) < 4.78 is 5.54. The zero-order valence-corrected chi connectivity index (χ0v) is 14.6. The molecule has 1 saturated heterocycles. The molecule has 1 aliphatic heterocycles. The number of aromatic nitrogens is 3. The van der Waals surface area contributed by atoms with E-state index in [9.17, 15) is 0 Å². The molecule has 0 spiro atoms. The summed E-state index contributed by atoms with van der Waals surface area (Å²) in [6, 6.07) is 4.64. The molecule has 0 radical (unpaired) electrons. The van der Waals surface area contributed by atoms with E-state index in [1.807, 2.05) is 6.92 Å². The fourth-order valence-electron chi connectivity index (χ4n) is 2.63. The minimum atomic E-state index is 0.0391. The highest BCUT2D eigenvalue weighted by Gasteiger charge is 2.31. The zero-order chi connectivity index (χ0) is 16.6. The van der Waals surface area contributed by atoms with Gasteiger partial charge < -0.3 is 9.32 Å². The molecule has 2 aromatic heterocycles. The Morgan fingerprint density at radius 3 is 2.52 bits per heavy atom. The van der Waals surface area contributed by atoms with Crippen molar-refractivity contribution in [3.05, 3.63) is 35.7 Å². The number of hydrogen-bond acceptors (Lipinski definition) is 6. The third-order valence-corrected chi connectivity index (χ3v) is 4.28. The molecule has 0 atom stereocenters. The molecule has 0 N–H and O–H groups in total. The molecule has 124 valence electrons. The zero-order valence-electron chi connectivity index (χ0n) is 14.6. The van der Waals surface area contributed by atoms with E-state index in [2.05, 4.69) is 64.9 Å². The molecule has 23 heavy (non-hydrogen) atoms. The van der Waals surface area contributed by atoms with Crippen molar-refractivity contribution in [1.82, 2.24) is 20.1 Å². The maximum Gasteiger partial charge on any atom is 0.208 e. The van der Waals surface area contributed by atoms with Crippen LogP contribution < -0.4 is 4.90 Å². The van der Waals surface area contributed by atoms with Crippen LogP contribution in [0, 0.1) is 6.92 Å². The Bertz CT molecular complexity index is 652. The van der Waals surface area contributed by atoms with Crippen molar-refractivity contribution in [2.45, 2.75) is 45.7 Å². The van der Waals surface area contributed by atoms with Crippen LogP contribution in [0.5, 0.6) is 0 Å². The average Bonchev–Trinajstić information content (AvgIpc) is 2.82. The van der Waals surface area contributed by atoms with Gasteiger partial charge in [0.05, 0.1) is 18.4 Å². The summed E-state index contributed by atoms with van der Waals surface area (Å²) >= 11 is 0. The van der Waals surface area contributed by atoms with E-state index in [0.717, 1.165) is 42.8 Å². The number of hydrogen-bond donors (Lipinski definition) is 0. The van der Waals surface area contributed by atoms with E-state index in [0.29, 0.717) is 6.04 Å². The Balaban J connectivity index is 1.54. The summed E-state index contributed by atoms with van der Waals surface area (Å²) in [5, 5.41) is 8.74. The molecule has 0 bridgehead atoms. The first kappa shape index (κ1) is 15.9. The molecule has 3 rings (SSSR count). The van der Waals surface area contributed by atoms with Crippen LogP contribution in [0.1, 0.15) is 38.1 Å². The van der Waals surface area contributed by atoms with Crippen LogP contribution in [-0.2, 0) is 12.0 Å². The highest BCUT2D eigenvalue weighted by molar-refractivity contribution is 5.42. The van der Waals surface area contributed by atoms with Crippen LogP contribution >= 0.6 is 0 Å². The van der Waals surface area contributed by atoms with E-state index in [1.54, 1.807) is 6.20 Å². The maximum atomic E-state index is 5.54. The first-order valence-electron chi connectivity index (χ1n) is 8.03. The highest BCUT2D eigenvalue weighted by Crippen LogP contribution is 2.24. The van der Waals surface area contributed by atoms with Crippen molar-refractivity contribution >= 4 is 5.82 Å². The van der Waals surface area contributed by atoms with Crippen molar-refractivity contribution in [2.75, 3.05) is 25.0 Å². The van der Waals surface area contributed by atoms with Crippen molar-refractivity contribution in [3.8, 4) is 0 Å². The molecular formula is C17H25N5O. The van der Waals surface area contributed by atoms with Gasteiger partial charge in [0.25, 0.3) is 0 Å². The molecule has 3 heterocycles. The fraction of sp³-hybridized carbons (Fsp3) is 0.588. The monoisotopic (exact) mass is 315 g/mol. The van der Waals surface area contributed by atoms with E-state index in [-0.39, 0.29) is 5.41 Å². The maximum absolute atomic E-state index is 5.54. The predicted molar refractivity (Wildman–Crippen MR) is 89.4 cm³/mol. The number of aryl methyl sites for hydroxylation is 1. The SMILES string of the molecule is Cc1cnc(CN(C)C2CN(c3ccc(C(C)(C)C)nn3)C2)o1. The minimum absolute atomic E-state index is 0.0391. The van der Waals surface area contributed by atoms with Crippen LogP contribution in [0.25, 0.3) is 0 Å². The smallest absolute Gasteiger partial charge is 0.208 e. The average molecular weight is 315 g/mol. The molecule has 0 aliphatic carbocycles. The molecule has 0 unspecified atom stereocenters. The third-order valence-electron chi connectivity index (χ3n) is 4.28. The number of rotatable bonds is 4. The van der Waals surface area contributed by atoms with Gasteiger partial charge >= 0.3 is 0 Å². The second-order valence-electron chi connectivity index (χ2n) is 7.37. The van der Waals surface area contributed by atoms with Crippen molar-refractivity contribution in [3.63, 3.8) is 0 Å². The van der Waals surface area contributed by atoms with Gasteiger partial charge in [-0.2, -0.15) is 5.10 Å². The molecule has 6 nitrogen and oxygen atoms in total. The van der Waals surface area contributed by atoms with Crippen LogP contribution in [0.15, 0.2) is 22.7 Å². The van der Waals surface area contributed by atoms with Crippen LogP contribution in [0.3, 0.4) is 0 Å². The van der Waals surface area contributed by atoms with Gasteiger partial charge in [-0.1, -0.05) is 20.8 Å². The lowest BCUT2D eigenvalue weighted by atomic mass is 9.92. The summed E-state index contributed by atoms with van der Waals surface area (Å²) in [5.41, 5.74) is 1.06. The topological polar surface area (TPSA) is 58.3 Å². The summed E-state index contributed by atoms with van der Waals surface area (Å²) in [6.45, 7) is 11.0. The largest absolute Gasteiger partial charge is 0.445 e. The van der Waals surface area contributed by atoms with Crippen LogP contribution in [0.4, 0.5) is 5.82 Å². The Kier molecular flexibility index (Phi) is 4.10. The lowest BCUT2D eigenvalue weighted by molar-refractivity contribution is 0.179. The standard InChI is InChI=1S/C17H25N5O/c1-12-8-18-16(23-12)11-21(5)13-9-22(10-13)15-7-6-14(19-20-15)17(2,3)4/h6-8,13H,9-11H2,1-5H3. The van der Waals surface area contributed by atoms with E-state index >= 15 is 0 Å². The molecule has 0 aromatic carbocycles. The van der Waals surface area contributed by atoms with Gasteiger partial charge in [-0.3, -0.25) is 4.90 Å². The molecule has 2 aromatic rings. The Hall–Kier alpha value is -1.95. The van der Waals surface area contributed by atoms with Gasteiger partial charge in [0, 0.05) is 24.5 Å².